The number of amides is 3. The average Bonchev–Trinajstić information content (AvgIpc) is 3.71. The minimum absolute atomic E-state index is 0.0465. The van der Waals surface area contributed by atoms with Gasteiger partial charge in [0.25, 0.3) is 0 Å². The largest absolute Gasteiger partial charge is 0.454 e. The molecule has 2 aliphatic heterocycles. The zero-order chi connectivity index (χ0) is 26.3. The maximum absolute atomic E-state index is 13.8. The molecule has 9 heteroatoms. The van der Waals surface area contributed by atoms with E-state index in [9.17, 15) is 9.59 Å². The van der Waals surface area contributed by atoms with Gasteiger partial charge in [-0.15, -0.1) is 11.3 Å². The van der Waals surface area contributed by atoms with Gasteiger partial charge in [0.05, 0.1) is 12.6 Å². The number of urea groups is 1. The number of rotatable bonds is 10. The number of benzene rings is 2. The van der Waals surface area contributed by atoms with Crippen molar-refractivity contribution in [3.05, 3.63) is 76.0 Å². The van der Waals surface area contributed by atoms with Crippen molar-refractivity contribution < 1.29 is 23.8 Å². The third-order valence-corrected chi connectivity index (χ3v) is 7.60. The first-order chi connectivity index (χ1) is 18.6. The molecule has 8 nitrogen and oxygen atoms in total. The molecular formula is C29H33N3O5S. The maximum Gasteiger partial charge on any atom is 0.322 e. The third kappa shape index (κ3) is 6.65. The SMILES string of the molecule is CCc1cccc(NC(=O)N(CC(=O)N(Cc2ccc3c(c2)OCO3)Cc2cccs2)C[C@H]2CCCO2)c1. The Morgan fingerprint density at radius 1 is 1.00 bits per heavy atom. The van der Waals surface area contributed by atoms with E-state index in [-0.39, 0.29) is 31.4 Å². The van der Waals surface area contributed by atoms with Gasteiger partial charge in [-0.2, -0.15) is 0 Å². The second-order valence-corrected chi connectivity index (χ2v) is 10.5. The van der Waals surface area contributed by atoms with Gasteiger partial charge in [0, 0.05) is 30.3 Å². The second kappa shape index (κ2) is 12.3. The number of nitrogens with one attached hydrogen (secondary N) is 1. The molecule has 1 N–H and O–H groups in total. The highest BCUT2D eigenvalue weighted by molar-refractivity contribution is 7.09. The molecule has 3 amide bonds. The van der Waals surface area contributed by atoms with E-state index in [1.54, 1.807) is 21.1 Å². The van der Waals surface area contributed by atoms with Crippen LogP contribution in [0.1, 0.15) is 35.8 Å². The first-order valence-corrected chi connectivity index (χ1v) is 13.9. The Hall–Kier alpha value is -3.56. The Morgan fingerprint density at radius 2 is 1.89 bits per heavy atom. The molecule has 3 heterocycles. The fraction of sp³-hybridized carbons (Fsp3) is 0.379. The summed E-state index contributed by atoms with van der Waals surface area (Å²) in [4.78, 5) is 31.6. The molecule has 200 valence electrons. The zero-order valence-electron chi connectivity index (χ0n) is 21.6. The molecule has 38 heavy (non-hydrogen) atoms. The molecule has 1 aromatic heterocycles. The molecule has 2 aromatic carbocycles. The molecule has 1 atom stereocenters. The third-order valence-electron chi connectivity index (χ3n) is 6.74. The van der Waals surface area contributed by atoms with E-state index in [0.717, 1.165) is 41.0 Å². The van der Waals surface area contributed by atoms with Gasteiger partial charge in [-0.05, 0) is 66.1 Å². The fourth-order valence-electron chi connectivity index (χ4n) is 4.67. The van der Waals surface area contributed by atoms with Crippen molar-refractivity contribution in [1.29, 1.82) is 0 Å². The van der Waals surface area contributed by atoms with Crippen molar-refractivity contribution in [3.63, 3.8) is 0 Å². The van der Waals surface area contributed by atoms with Crippen LogP contribution in [0.5, 0.6) is 11.5 Å². The Bertz CT molecular complexity index is 1240. The normalized spacial score (nSPS) is 15.9. The van der Waals surface area contributed by atoms with Crippen LogP contribution < -0.4 is 14.8 Å². The van der Waals surface area contributed by atoms with Gasteiger partial charge >= 0.3 is 6.03 Å². The summed E-state index contributed by atoms with van der Waals surface area (Å²) in [6.45, 7) is 4.12. The van der Waals surface area contributed by atoms with Gasteiger partial charge in [0.2, 0.25) is 12.7 Å². The highest BCUT2D eigenvalue weighted by Crippen LogP contribution is 2.33. The monoisotopic (exact) mass is 535 g/mol. The first kappa shape index (κ1) is 26.1. The van der Waals surface area contributed by atoms with Gasteiger partial charge in [0.15, 0.2) is 11.5 Å². The molecule has 3 aromatic rings. The molecule has 1 fully saturated rings. The van der Waals surface area contributed by atoms with Gasteiger partial charge in [-0.3, -0.25) is 4.79 Å². The summed E-state index contributed by atoms with van der Waals surface area (Å²) in [7, 11) is 0. The summed E-state index contributed by atoms with van der Waals surface area (Å²) in [6.07, 6.45) is 2.63. The predicted molar refractivity (Wildman–Crippen MR) is 147 cm³/mol. The van der Waals surface area contributed by atoms with Gasteiger partial charge < -0.3 is 29.3 Å². The van der Waals surface area contributed by atoms with Crippen molar-refractivity contribution in [3.8, 4) is 11.5 Å². The van der Waals surface area contributed by atoms with Gasteiger partial charge in [-0.1, -0.05) is 31.2 Å². The maximum atomic E-state index is 13.8. The molecule has 0 radical (unpaired) electrons. The highest BCUT2D eigenvalue weighted by Gasteiger charge is 2.27. The van der Waals surface area contributed by atoms with Crippen molar-refractivity contribution in [2.75, 3.05) is 31.8 Å². The molecule has 0 unspecified atom stereocenters. The summed E-state index contributed by atoms with van der Waals surface area (Å²) in [5.74, 6) is 1.25. The number of thiophene rings is 1. The van der Waals surface area contributed by atoms with E-state index in [4.69, 9.17) is 14.2 Å². The Kier molecular flexibility index (Phi) is 8.45. The number of carbonyl (C=O) groups is 2. The van der Waals surface area contributed by atoms with E-state index >= 15 is 0 Å². The molecule has 0 saturated carbocycles. The zero-order valence-corrected chi connectivity index (χ0v) is 22.4. The molecule has 0 spiro atoms. The summed E-state index contributed by atoms with van der Waals surface area (Å²) in [6, 6.07) is 17.2. The lowest BCUT2D eigenvalue weighted by molar-refractivity contribution is -0.133. The number of nitrogens with zero attached hydrogens (tertiary/aromatic N) is 2. The van der Waals surface area contributed by atoms with Crippen LogP contribution in [0.15, 0.2) is 60.0 Å². The number of carbonyl (C=O) groups excluding carboxylic acids is 2. The molecule has 2 aliphatic rings. The van der Waals surface area contributed by atoms with Crippen LogP contribution in [0.25, 0.3) is 0 Å². The van der Waals surface area contributed by atoms with Crippen LogP contribution in [0.4, 0.5) is 10.5 Å². The quantitative estimate of drug-likeness (QED) is 0.382. The minimum atomic E-state index is -0.304. The van der Waals surface area contributed by atoms with E-state index in [1.807, 2.05) is 60.0 Å². The van der Waals surface area contributed by atoms with Crippen LogP contribution >= 0.6 is 11.3 Å². The number of hydrogen-bond donors (Lipinski definition) is 1. The van der Waals surface area contributed by atoms with E-state index in [2.05, 4.69) is 12.2 Å². The van der Waals surface area contributed by atoms with E-state index < -0.39 is 0 Å². The number of aryl methyl sites for hydroxylation is 1. The Labute approximate surface area is 227 Å². The number of ether oxygens (including phenoxy) is 3. The Morgan fingerprint density at radius 3 is 2.68 bits per heavy atom. The topological polar surface area (TPSA) is 80.3 Å². The fourth-order valence-corrected chi connectivity index (χ4v) is 5.39. The van der Waals surface area contributed by atoms with Gasteiger partial charge in [-0.25, -0.2) is 4.79 Å². The predicted octanol–water partition coefficient (Wildman–Crippen LogP) is 5.28. The van der Waals surface area contributed by atoms with Crippen molar-refractivity contribution in [2.24, 2.45) is 0 Å². The Balaban J connectivity index is 1.33. The lowest BCUT2D eigenvalue weighted by Crippen LogP contribution is -2.46. The molecule has 0 aliphatic carbocycles. The smallest absolute Gasteiger partial charge is 0.322 e. The standard InChI is InChI=1S/C29H33N3O5S/c1-2-21-6-3-7-23(14-21)30-29(34)32(17-24-8-4-12-35-24)19-28(33)31(18-25-9-5-13-38-25)16-22-10-11-26-27(15-22)37-20-36-26/h3,5-7,9-11,13-15,24H,2,4,8,12,16-20H2,1H3,(H,30,34)/t24-/m1/s1. The summed E-state index contributed by atoms with van der Waals surface area (Å²) in [5.41, 5.74) is 2.79. The van der Waals surface area contributed by atoms with E-state index in [1.165, 1.54) is 0 Å². The van der Waals surface area contributed by atoms with Crippen molar-refractivity contribution in [1.82, 2.24) is 9.80 Å². The lowest BCUT2D eigenvalue weighted by atomic mass is 10.1. The molecule has 0 bridgehead atoms. The van der Waals surface area contributed by atoms with E-state index in [0.29, 0.717) is 37.7 Å². The molecule has 1 saturated heterocycles. The van der Waals surface area contributed by atoms with Crippen LogP contribution in [0.3, 0.4) is 0 Å². The first-order valence-electron chi connectivity index (χ1n) is 13.0. The summed E-state index contributed by atoms with van der Waals surface area (Å²) >= 11 is 1.60. The second-order valence-electron chi connectivity index (χ2n) is 9.52. The van der Waals surface area contributed by atoms with Crippen LogP contribution in [0, 0.1) is 0 Å². The average molecular weight is 536 g/mol. The van der Waals surface area contributed by atoms with Crippen LogP contribution in [-0.4, -0.2) is 54.3 Å². The van der Waals surface area contributed by atoms with Crippen LogP contribution in [-0.2, 0) is 29.0 Å². The number of hydrogen-bond acceptors (Lipinski definition) is 6. The van der Waals surface area contributed by atoms with Crippen molar-refractivity contribution >= 4 is 29.0 Å². The van der Waals surface area contributed by atoms with Crippen LogP contribution in [0.2, 0.25) is 0 Å². The number of fused-ring (bicyclic) bond motifs is 1. The number of anilines is 1. The summed E-state index contributed by atoms with van der Waals surface area (Å²) in [5, 5.41) is 4.99. The highest BCUT2D eigenvalue weighted by atomic mass is 32.1. The summed E-state index contributed by atoms with van der Waals surface area (Å²) < 4.78 is 16.8. The lowest BCUT2D eigenvalue weighted by Gasteiger charge is -2.29. The minimum Gasteiger partial charge on any atom is -0.454 e. The molecule has 5 rings (SSSR count). The van der Waals surface area contributed by atoms with Crippen molar-refractivity contribution in [2.45, 2.75) is 45.4 Å². The molecular weight excluding hydrogens is 502 g/mol. The van der Waals surface area contributed by atoms with Gasteiger partial charge in [0.1, 0.15) is 6.54 Å².